The maximum absolute atomic E-state index is 12.2. The third-order valence-corrected chi connectivity index (χ3v) is 4.03. The van der Waals surface area contributed by atoms with Crippen molar-refractivity contribution in [3.05, 3.63) is 48.0 Å². The zero-order valence-corrected chi connectivity index (χ0v) is 17.0. The first kappa shape index (κ1) is 22.3. The summed E-state index contributed by atoms with van der Waals surface area (Å²) in [5, 5.41) is 6.56. The summed E-state index contributed by atoms with van der Waals surface area (Å²) in [4.78, 5) is 24.4. The fraction of sp³-hybridized carbons (Fsp3) is 0.227. The van der Waals surface area contributed by atoms with Crippen molar-refractivity contribution in [2.75, 3.05) is 26.1 Å². The number of anilines is 1. The highest BCUT2D eigenvalue weighted by Crippen LogP contribution is 2.27. The van der Waals surface area contributed by atoms with Crippen molar-refractivity contribution < 1.29 is 23.8 Å². The first-order chi connectivity index (χ1) is 14.5. The normalized spacial score (nSPS) is 11.3. The number of rotatable bonds is 9. The van der Waals surface area contributed by atoms with Crippen LogP contribution in [0.1, 0.15) is 12.5 Å². The lowest BCUT2D eigenvalue weighted by atomic mass is 10.1. The SMILES string of the molecule is C#CCOc1ccc(C=NNC(=O)C(C)C(=O)Nc2ccc(OC)cc2)cc1OC. The Labute approximate surface area is 175 Å². The van der Waals surface area contributed by atoms with E-state index in [9.17, 15) is 9.59 Å². The molecule has 156 valence electrons. The van der Waals surface area contributed by atoms with Crippen LogP contribution in [-0.2, 0) is 9.59 Å². The van der Waals surface area contributed by atoms with Gasteiger partial charge in [-0.15, -0.1) is 6.42 Å². The molecule has 0 radical (unpaired) electrons. The highest BCUT2D eigenvalue weighted by molar-refractivity contribution is 6.06. The number of amides is 2. The standard InChI is InChI=1S/C22H23N3O5/c1-5-12-30-19-11-6-16(13-20(19)29-4)14-23-25-22(27)15(2)21(26)24-17-7-9-18(28-3)10-8-17/h1,6-11,13-15H,12H2,2-4H3,(H,24,26)(H,25,27). The molecule has 0 heterocycles. The van der Waals surface area contributed by atoms with Gasteiger partial charge < -0.3 is 19.5 Å². The van der Waals surface area contributed by atoms with E-state index in [0.29, 0.717) is 28.5 Å². The lowest BCUT2D eigenvalue weighted by Gasteiger charge is -2.11. The van der Waals surface area contributed by atoms with Crippen molar-refractivity contribution in [2.45, 2.75) is 6.92 Å². The van der Waals surface area contributed by atoms with Crippen LogP contribution >= 0.6 is 0 Å². The van der Waals surface area contributed by atoms with Crippen LogP contribution in [0.4, 0.5) is 5.69 Å². The smallest absolute Gasteiger partial charge is 0.252 e. The summed E-state index contributed by atoms with van der Waals surface area (Å²) in [6, 6.07) is 11.9. The van der Waals surface area contributed by atoms with E-state index in [0.717, 1.165) is 0 Å². The Kier molecular flexibility index (Phi) is 8.27. The van der Waals surface area contributed by atoms with Crippen LogP contribution in [-0.4, -0.2) is 38.9 Å². The second-order valence-corrected chi connectivity index (χ2v) is 6.08. The van der Waals surface area contributed by atoms with Gasteiger partial charge in [0.25, 0.3) is 5.91 Å². The fourth-order valence-electron chi connectivity index (χ4n) is 2.31. The number of carbonyl (C=O) groups is 2. The van der Waals surface area contributed by atoms with Gasteiger partial charge in [0, 0.05) is 5.69 Å². The highest BCUT2D eigenvalue weighted by Gasteiger charge is 2.21. The molecular weight excluding hydrogens is 386 g/mol. The Balaban J connectivity index is 1.92. The lowest BCUT2D eigenvalue weighted by molar-refractivity contribution is -0.131. The molecule has 8 heteroatoms. The van der Waals surface area contributed by atoms with Crippen molar-refractivity contribution in [3.63, 3.8) is 0 Å². The number of hydrogen-bond acceptors (Lipinski definition) is 6. The van der Waals surface area contributed by atoms with Gasteiger partial charge in [-0.25, -0.2) is 5.43 Å². The Hall–Kier alpha value is -3.99. The largest absolute Gasteiger partial charge is 0.497 e. The van der Waals surface area contributed by atoms with Crippen molar-refractivity contribution in [1.82, 2.24) is 5.43 Å². The molecule has 0 fully saturated rings. The molecule has 2 aromatic rings. The van der Waals surface area contributed by atoms with Crippen LogP contribution in [0.5, 0.6) is 17.2 Å². The second kappa shape index (κ2) is 11.1. The van der Waals surface area contributed by atoms with Crippen LogP contribution in [0.25, 0.3) is 0 Å². The maximum Gasteiger partial charge on any atom is 0.252 e. The topological polar surface area (TPSA) is 98.2 Å². The van der Waals surface area contributed by atoms with Gasteiger partial charge in [0.1, 0.15) is 18.3 Å². The molecule has 0 saturated carbocycles. The molecule has 2 rings (SSSR count). The summed E-state index contributed by atoms with van der Waals surface area (Å²) in [6.07, 6.45) is 6.61. The summed E-state index contributed by atoms with van der Waals surface area (Å²) in [5.74, 6) is 2.08. The van der Waals surface area contributed by atoms with Crippen LogP contribution in [0, 0.1) is 18.3 Å². The predicted molar refractivity (Wildman–Crippen MR) is 114 cm³/mol. The monoisotopic (exact) mass is 409 g/mol. The van der Waals surface area contributed by atoms with Gasteiger partial charge in [-0.05, 0) is 55.0 Å². The average Bonchev–Trinajstić information content (AvgIpc) is 2.77. The van der Waals surface area contributed by atoms with E-state index in [-0.39, 0.29) is 6.61 Å². The van der Waals surface area contributed by atoms with Gasteiger partial charge >= 0.3 is 0 Å². The molecule has 1 atom stereocenters. The summed E-state index contributed by atoms with van der Waals surface area (Å²) in [6.45, 7) is 1.61. The van der Waals surface area contributed by atoms with Gasteiger partial charge in [-0.3, -0.25) is 9.59 Å². The highest BCUT2D eigenvalue weighted by atomic mass is 16.5. The molecule has 2 amide bonds. The molecule has 0 aliphatic rings. The average molecular weight is 409 g/mol. The molecule has 1 unspecified atom stereocenters. The molecule has 2 aromatic carbocycles. The summed E-state index contributed by atoms with van der Waals surface area (Å²) in [5.41, 5.74) is 3.57. The summed E-state index contributed by atoms with van der Waals surface area (Å²) < 4.78 is 15.7. The number of benzene rings is 2. The minimum atomic E-state index is -0.946. The van der Waals surface area contributed by atoms with Gasteiger partial charge in [-0.2, -0.15) is 5.10 Å². The Morgan fingerprint density at radius 3 is 2.47 bits per heavy atom. The lowest BCUT2D eigenvalue weighted by Crippen LogP contribution is -2.34. The van der Waals surface area contributed by atoms with Crippen LogP contribution in [0.3, 0.4) is 0 Å². The number of hydrazone groups is 1. The van der Waals surface area contributed by atoms with Gasteiger partial charge in [-0.1, -0.05) is 5.92 Å². The Bertz CT molecular complexity index is 948. The number of nitrogens with zero attached hydrogens (tertiary/aromatic N) is 1. The molecule has 0 aromatic heterocycles. The number of terminal acetylenes is 1. The zero-order chi connectivity index (χ0) is 21.9. The molecular formula is C22H23N3O5. The second-order valence-electron chi connectivity index (χ2n) is 6.08. The van der Waals surface area contributed by atoms with Gasteiger partial charge in [0.15, 0.2) is 11.5 Å². The number of nitrogens with one attached hydrogen (secondary N) is 2. The zero-order valence-electron chi connectivity index (χ0n) is 17.0. The van der Waals surface area contributed by atoms with E-state index in [1.54, 1.807) is 49.6 Å². The first-order valence-electron chi connectivity index (χ1n) is 9.00. The van der Waals surface area contributed by atoms with Crippen LogP contribution in [0.2, 0.25) is 0 Å². The minimum Gasteiger partial charge on any atom is -0.497 e. The number of ether oxygens (including phenoxy) is 3. The van der Waals surface area contributed by atoms with Crippen LogP contribution < -0.4 is 25.0 Å². The van der Waals surface area contributed by atoms with E-state index < -0.39 is 17.7 Å². The fourth-order valence-corrected chi connectivity index (χ4v) is 2.31. The maximum atomic E-state index is 12.2. The number of hydrogen-bond donors (Lipinski definition) is 2. The molecule has 0 aliphatic heterocycles. The Morgan fingerprint density at radius 2 is 1.83 bits per heavy atom. The molecule has 0 spiro atoms. The third-order valence-electron chi connectivity index (χ3n) is 4.03. The first-order valence-corrected chi connectivity index (χ1v) is 9.00. The number of carbonyl (C=O) groups excluding carboxylic acids is 2. The molecule has 0 aliphatic carbocycles. The van der Waals surface area contributed by atoms with Crippen molar-refractivity contribution >= 4 is 23.7 Å². The van der Waals surface area contributed by atoms with E-state index in [1.807, 2.05) is 0 Å². The van der Waals surface area contributed by atoms with E-state index in [2.05, 4.69) is 21.8 Å². The minimum absolute atomic E-state index is 0.121. The molecule has 0 saturated heterocycles. The molecule has 0 bridgehead atoms. The molecule has 8 nitrogen and oxygen atoms in total. The quantitative estimate of drug-likeness (QED) is 0.287. The van der Waals surface area contributed by atoms with Gasteiger partial charge in [0.05, 0.1) is 20.4 Å². The predicted octanol–water partition coefficient (Wildman–Crippen LogP) is 2.44. The third kappa shape index (κ3) is 6.27. The molecule has 2 N–H and O–H groups in total. The van der Waals surface area contributed by atoms with Crippen LogP contribution in [0.15, 0.2) is 47.6 Å². The van der Waals surface area contributed by atoms with Crippen molar-refractivity contribution in [3.8, 4) is 29.6 Å². The number of methoxy groups -OCH3 is 2. The van der Waals surface area contributed by atoms with E-state index in [4.69, 9.17) is 20.6 Å². The van der Waals surface area contributed by atoms with Gasteiger partial charge in [0.2, 0.25) is 5.91 Å². The van der Waals surface area contributed by atoms with Crippen molar-refractivity contribution in [1.29, 1.82) is 0 Å². The molecule has 30 heavy (non-hydrogen) atoms. The van der Waals surface area contributed by atoms with E-state index >= 15 is 0 Å². The summed E-state index contributed by atoms with van der Waals surface area (Å²) in [7, 11) is 3.06. The summed E-state index contributed by atoms with van der Waals surface area (Å²) >= 11 is 0. The Morgan fingerprint density at radius 1 is 1.10 bits per heavy atom. The van der Waals surface area contributed by atoms with E-state index in [1.165, 1.54) is 20.2 Å². The van der Waals surface area contributed by atoms with Crippen molar-refractivity contribution in [2.24, 2.45) is 11.0 Å².